The monoisotopic (exact) mass is 150 g/mol. The molecule has 3 atom stereocenters. The Labute approximate surface area is 67.8 Å². The zero-order valence-electron chi connectivity index (χ0n) is 6.79. The fraction of sp³-hybridized carbons (Fsp3) is 0.889. The molecule has 0 saturated carbocycles. The third kappa shape index (κ3) is 1.25. The fourth-order valence-corrected chi connectivity index (χ4v) is 2.35. The molecule has 0 aromatic heterocycles. The SMILES string of the molecule is N#C[C@@H]1CCN2CCC[C@H]1C2. The second kappa shape index (κ2) is 2.83. The molecule has 0 radical (unpaired) electrons. The van der Waals surface area contributed by atoms with Crippen molar-refractivity contribution in [2.75, 3.05) is 19.6 Å². The van der Waals surface area contributed by atoms with Gasteiger partial charge >= 0.3 is 0 Å². The Bertz CT molecular complexity index is 182. The molecule has 60 valence electrons. The molecule has 11 heavy (non-hydrogen) atoms. The number of nitrogens with zero attached hydrogens (tertiary/aromatic N) is 2. The predicted octanol–water partition coefficient (Wildman–Crippen LogP) is 1.24. The molecule has 0 amide bonds. The van der Waals surface area contributed by atoms with Gasteiger partial charge in [-0.1, -0.05) is 0 Å². The summed E-state index contributed by atoms with van der Waals surface area (Å²) in [6.45, 7) is 3.63. The van der Waals surface area contributed by atoms with Crippen LogP contribution in [0, 0.1) is 23.2 Å². The van der Waals surface area contributed by atoms with Gasteiger partial charge in [-0.2, -0.15) is 5.26 Å². The number of piperidine rings is 2. The summed E-state index contributed by atoms with van der Waals surface area (Å²) in [4.78, 5) is 2.50. The van der Waals surface area contributed by atoms with Crippen molar-refractivity contribution in [1.82, 2.24) is 4.90 Å². The van der Waals surface area contributed by atoms with Crippen molar-refractivity contribution in [3.8, 4) is 6.07 Å². The number of hydrogen-bond donors (Lipinski definition) is 0. The highest BCUT2D eigenvalue weighted by Gasteiger charge is 2.31. The maximum Gasteiger partial charge on any atom is 0.0659 e. The lowest BCUT2D eigenvalue weighted by Crippen LogP contribution is -2.44. The Hall–Kier alpha value is -0.550. The number of fused-ring (bicyclic) bond motifs is 2. The van der Waals surface area contributed by atoms with Crippen LogP contribution < -0.4 is 0 Å². The molecule has 0 N–H and O–H groups in total. The zero-order valence-corrected chi connectivity index (χ0v) is 6.79. The average Bonchev–Trinajstić information content (AvgIpc) is 2.06. The summed E-state index contributed by atoms with van der Waals surface area (Å²) in [5.41, 5.74) is 0. The van der Waals surface area contributed by atoms with Gasteiger partial charge in [0, 0.05) is 6.54 Å². The van der Waals surface area contributed by atoms with E-state index in [0.29, 0.717) is 11.8 Å². The predicted molar refractivity (Wildman–Crippen MR) is 42.9 cm³/mol. The van der Waals surface area contributed by atoms with Crippen LogP contribution in [0.2, 0.25) is 0 Å². The molecule has 0 aromatic carbocycles. The Morgan fingerprint density at radius 1 is 1.27 bits per heavy atom. The molecule has 2 aliphatic rings. The van der Waals surface area contributed by atoms with Crippen LogP contribution >= 0.6 is 0 Å². The van der Waals surface area contributed by atoms with Gasteiger partial charge in [0.05, 0.1) is 12.0 Å². The molecule has 0 aliphatic carbocycles. The van der Waals surface area contributed by atoms with Crippen LogP contribution in [0.1, 0.15) is 19.3 Å². The Morgan fingerprint density at radius 2 is 2.18 bits per heavy atom. The van der Waals surface area contributed by atoms with E-state index in [2.05, 4.69) is 11.0 Å². The largest absolute Gasteiger partial charge is 0.303 e. The summed E-state index contributed by atoms with van der Waals surface area (Å²) in [5, 5.41) is 8.83. The molecule has 1 unspecified atom stereocenters. The van der Waals surface area contributed by atoms with Crippen LogP contribution in [0.5, 0.6) is 0 Å². The first kappa shape index (κ1) is 7.12. The molecule has 2 heterocycles. The maximum absolute atomic E-state index is 8.83. The van der Waals surface area contributed by atoms with E-state index in [1.54, 1.807) is 0 Å². The molecule has 2 aliphatic heterocycles. The van der Waals surface area contributed by atoms with Gasteiger partial charge in [-0.05, 0) is 38.3 Å². The summed E-state index contributed by atoms with van der Waals surface area (Å²) < 4.78 is 0. The van der Waals surface area contributed by atoms with Crippen LogP contribution in [0.15, 0.2) is 0 Å². The molecular weight excluding hydrogens is 136 g/mol. The van der Waals surface area contributed by atoms with Crippen molar-refractivity contribution >= 4 is 0 Å². The topological polar surface area (TPSA) is 27.0 Å². The van der Waals surface area contributed by atoms with Gasteiger partial charge in [0.1, 0.15) is 0 Å². The van der Waals surface area contributed by atoms with E-state index < -0.39 is 0 Å². The van der Waals surface area contributed by atoms with E-state index >= 15 is 0 Å². The lowest BCUT2D eigenvalue weighted by Gasteiger charge is -2.39. The van der Waals surface area contributed by atoms with Gasteiger partial charge < -0.3 is 4.90 Å². The summed E-state index contributed by atoms with van der Waals surface area (Å²) in [5.74, 6) is 1.06. The summed E-state index contributed by atoms with van der Waals surface area (Å²) in [6, 6.07) is 2.43. The molecular formula is C9H14N2. The van der Waals surface area contributed by atoms with Crippen molar-refractivity contribution in [2.45, 2.75) is 19.3 Å². The van der Waals surface area contributed by atoms with E-state index in [1.165, 1.54) is 25.9 Å². The Kier molecular flexibility index (Phi) is 1.83. The van der Waals surface area contributed by atoms with Crippen molar-refractivity contribution in [3.05, 3.63) is 0 Å². The second-order valence-corrected chi connectivity index (χ2v) is 3.73. The highest BCUT2D eigenvalue weighted by Crippen LogP contribution is 2.30. The third-order valence-electron chi connectivity index (χ3n) is 3.03. The molecule has 2 saturated heterocycles. The molecule has 2 nitrogen and oxygen atoms in total. The minimum absolute atomic E-state index is 0.367. The molecule has 2 heteroatoms. The van der Waals surface area contributed by atoms with E-state index in [0.717, 1.165) is 13.0 Å². The summed E-state index contributed by atoms with van der Waals surface area (Å²) >= 11 is 0. The number of nitriles is 1. The summed E-state index contributed by atoms with van der Waals surface area (Å²) in [6.07, 6.45) is 3.71. The number of rotatable bonds is 0. The first-order valence-corrected chi connectivity index (χ1v) is 4.52. The molecule has 0 aromatic rings. The molecule has 2 bridgehead atoms. The van der Waals surface area contributed by atoms with E-state index in [1.807, 2.05) is 0 Å². The third-order valence-corrected chi connectivity index (χ3v) is 3.03. The first-order chi connectivity index (χ1) is 5.40. The highest BCUT2D eigenvalue weighted by atomic mass is 15.1. The minimum atomic E-state index is 0.367. The van der Waals surface area contributed by atoms with E-state index in [-0.39, 0.29) is 0 Å². The summed E-state index contributed by atoms with van der Waals surface area (Å²) in [7, 11) is 0. The van der Waals surface area contributed by atoms with Gasteiger partial charge in [-0.3, -0.25) is 0 Å². The maximum atomic E-state index is 8.83. The minimum Gasteiger partial charge on any atom is -0.303 e. The zero-order chi connectivity index (χ0) is 7.68. The fourth-order valence-electron chi connectivity index (χ4n) is 2.35. The van der Waals surface area contributed by atoms with Crippen molar-refractivity contribution in [2.24, 2.45) is 11.8 Å². The van der Waals surface area contributed by atoms with Crippen LogP contribution in [0.4, 0.5) is 0 Å². The molecule has 0 spiro atoms. The molecule has 2 fully saturated rings. The normalized spacial score (nSPS) is 43.0. The van der Waals surface area contributed by atoms with Crippen molar-refractivity contribution < 1.29 is 0 Å². The van der Waals surface area contributed by atoms with Crippen LogP contribution in [0.3, 0.4) is 0 Å². The van der Waals surface area contributed by atoms with Crippen LogP contribution in [-0.2, 0) is 0 Å². The smallest absolute Gasteiger partial charge is 0.0659 e. The van der Waals surface area contributed by atoms with E-state index in [4.69, 9.17) is 5.26 Å². The van der Waals surface area contributed by atoms with Gasteiger partial charge in [-0.15, -0.1) is 0 Å². The van der Waals surface area contributed by atoms with Gasteiger partial charge in [0.2, 0.25) is 0 Å². The lowest BCUT2D eigenvalue weighted by molar-refractivity contribution is 0.0964. The quantitative estimate of drug-likeness (QED) is 0.519. The average molecular weight is 150 g/mol. The molecule has 2 rings (SSSR count). The van der Waals surface area contributed by atoms with Crippen molar-refractivity contribution in [1.29, 1.82) is 5.26 Å². The second-order valence-electron chi connectivity index (χ2n) is 3.73. The van der Waals surface area contributed by atoms with E-state index in [9.17, 15) is 0 Å². The Balaban J connectivity index is 2.04. The Morgan fingerprint density at radius 3 is 3.00 bits per heavy atom. The first-order valence-electron chi connectivity index (χ1n) is 4.52. The van der Waals surface area contributed by atoms with Crippen LogP contribution in [0.25, 0.3) is 0 Å². The lowest BCUT2D eigenvalue weighted by atomic mass is 9.81. The standard InChI is InChI=1S/C9H14N2/c10-6-8-3-5-11-4-1-2-9(8)7-11/h8-9H,1-5,7H2/t8-,9-/m0/s1. The highest BCUT2D eigenvalue weighted by molar-refractivity contribution is 4.95. The number of hydrogen-bond acceptors (Lipinski definition) is 2. The van der Waals surface area contributed by atoms with Crippen molar-refractivity contribution in [3.63, 3.8) is 0 Å². The van der Waals surface area contributed by atoms with Gasteiger partial charge in [-0.25, -0.2) is 0 Å². The van der Waals surface area contributed by atoms with Gasteiger partial charge in [0.25, 0.3) is 0 Å². The van der Waals surface area contributed by atoms with Crippen LogP contribution in [-0.4, -0.2) is 24.5 Å². The van der Waals surface area contributed by atoms with Gasteiger partial charge in [0.15, 0.2) is 0 Å².